The number of methoxy groups -OCH3 is 1. The zero-order valence-corrected chi connectivity index (χ0v) is 9.43. The SMILES string of the molecule is COCc1noc(C2Cc3nc[nH]c3CN2)n1. The minimum Gasteiger partial charge on any atom is -0.377 e. The van der Waals surface area contributed by atoms with Gasteiger partial charge < -0.3 is 14.2 Å². The Hall–Kier alpha value is -1.73. The van der Waals surface area contributed by atoms with E-state index < -0.39 is 0 Å². The van der Waals surface area contributed by atoms with Crippen molar-refractivity contribution in [2.45, 2.75) is 25.6 Å². The Labute approximate surface area is 97.6 Å². The van der Waals surface area contributed by atoms with Crippen LogP contribution in [0.5, 0.6) is 0 Å². The quantitative estimate of drug-likeness (QED) is 0.796. The van der Waals surface area contributed by atoms with Gasteiger partial charge in [-0.05, 0) is 0 Å². The molecule has 0 radical (unpaired) electrons. The summed E-state index contributed by atoms with van der Waals surface area (Å²) in [5.41, 5.74) is 2.18. The molecule has 90 valence electrons. The summed E-state index contributed by atoms with van der Waals surface area (Å²) < 4.78 is 10.2. The maximum Gasteiger partial charge on any atom is 0.244 e. The van der Waals surface area contributed by atoms with Crippen molar-refractivity contribution in [3.63, 3.8) is 0 Å². The smallest absolute Gasteiger partial charge is 0.244 e. The molecule has 7 heteroatoms. The lowest BCUT2D eigenvalue weighted by Crippen LogP contribution is -2.28. The van der Waals surface area contributed by atoms with Crippen molar-refractivity contribution in [1.29, 1.82) is 0 Å². The third-order valence-corrected chi connectivity index (χ3v) is 2.79. The molecule has 1 unspecified atom stereocenters. The summed E-state index contributed by atoms with van der Waals surface area (Å²) in [5.74, 6) is 1.16. The number of fused-ring (bicyclic) bond motifs is 1. The van der Waals surface area contributed by atoms with E-state index in [1.54, 1.807) is 13.4 Å². The highest BCUT2D eigenvalue weighted by Gasteiger charge is 2.25. The summed E-state index contributed by atoms with van der Waals surface area (Å²) in [6.45, 7) is 1.10. The van der Waals surface area contributed by atoms with Crippen LogP contribution in [-0.4, -0.2) is 27.2 Å². The van der Waals surface area contributed by atoms with Crippen molar-refractivity contribution in [1.82, 2.24) is 25.4 Å². The third kappa shape index (κ3) is 1.94. The van der Waals surface area contributed by atoms with Gasteiger partial charge in [-0.2, -0.15) is 4.98 Å². The number of imidazole rings is 1. The summed E-state index contributed by atoms with van der Waals surface area (Å²) >= 11 is 0. The second-order valence-corrected chi connectivity index (χ2v) is 3.95. The highest BCUT2D eigenvalue weighted by atomic mass is 16.5. The summed E-state index contributed by atoms with van der Waals surface area (Å²) in [6.07, 6.45) is 2.46. The highest BCUT2D eigenvalue weighted by Crippen LogP contribution is 2.22. The molecule has 1 aliphatic rings. The number of hydrogen-bond acceptors (Lipinski definition) is 6. The summed E-state index contributed by atoms with van der Waals surface area (Å²) in [6, 6.07) is 0.0314. The first kappa shape index (κ1) is 10.4. The van der Waals surface area contributed by atoms with E-state index in [-0.39, 0.29) is 6.04 Å². The van der Waals surface area contributed by atoms with E-state index in [4.69, 9.17) is 9.26 Å². The standard InChI is InChI=1S/C10H13N5O2/c1-16-4-9-14-10(17-15-9)7-2-6-8(3-11-7)13-5-12-6/h5,7,11H,2-4H2,1H3,(H,12,13). The first-order valence-electron chi connectivity index (χ1n) is 5.42. The molecule has 1 atom stereocenters. The van der Waals surface area contributed by atoms with E-state index in [2.05, 4.69) is 25.4 Å². The molecule has 2 aromatic rings. The van der Waals surface area contributed by atoms with E-state index in [0.29, 0.717) is 18.3 Å². The van der Waals surface area contributed by atoms with Gasteiger partial charge in [0.05, 0.1) is 23.8 Å². The summed E-state index contributed by atoms with van der Waals surface area (Å²) in [4.78, 5) is 11.6. The molecule has 2 N–H and O–H groups in total. The Kier molecular flexibility index (Phi) is 2.62. The minimum atomic E-state index is 0.0314. The van der Waals surface area contributed by atoms with Gasteiger partial charge in [-0.25, -0.2) is 4.98 Å². The van der Waals surface area contributed by atoms with Gasteiger partial charge in [0, 0.05) is 20.1 Å². The van der Waals surface area contributed by atoms with Crippen molar-refractivity contribution in [3.05, 3.63) is 29.4 Å². The van der Waals surface area contributed by atoms with E-state index in [1.807, 2.05) is 0 Å². The van der Waals surface area contributed by atoms with Crippen LogP contribution in [0.15, 0.2) is 10.9 Å². The Morgan fingerprint density at radius 2 is 2.53 bits per heavy atom. The van der Waals surface area contributed by atoms with Crippen molar-refractivity contribution in [3.8, 4) is 0 Å². The molecule has 17 heavy (non-hydrogen) atoms. The van der Waals surface area contributed by atoms with Crippen LogP contribution in [0.1, 0.15) is 29.1 Å². The number of H-pyrrole nitrogens is 1. The van der Waals surface area contributed by atoms with Crippen LogP contribution in [0.2, 0.25) is 0 Å². The van der Waals surface area contributed by atoms with Gasteiger partial charge in [0.25, 0.3) is 0 Å². The van der Waals surface area contributed by atoms with Crippen LogP contribution in [0, 0.1) is 0 Å². The predicted octanol–water partition coefficient (Wildman–Crippen LogP) is 0.326. The molecule has 3 rings (SSSR count). The molecule has 0 spiro atoms. The average Bonchev–Trinajstić information content (AvgIpc) is 2.96. The fraction of sp³-hybridized carbons (Fsp3) is 0.500. The van der Waals surface area contributed by atoms with Gasteiger partial charge in [0.15, 0.2) is 5.82 Å². The number of ether oxygens (including phenoxy) is 1. The maximum absolute atomic E-state index is 5.21. The molecular formula is C10H13N5O2. The van der Waals surface area contributed by atoms with Crippen LogP contribution in [0.4, 0.5) is 0 Å². The molecule has 7 nitrogen and oxygen atoms in total. The first-order valence-corrected chi connectivity index (χ1v) is 5.42. The molecule has 2 aromatic heterocycles. The Balaban J connectivity index is 1.77. The number of aromatic nitrogens is 4. The van der Waals surface area contributed by atoms with Crippen LogP contribution < -0.4 is 5.32 Å². The van der Waals surface area contributed by atoms with Crippen molar-refractivity contribution >= 4 is 0 Å². The Bertz CT molecular complexity index is 506. The molecule has 3 heterocycles. The lowest BCUT2D eigenvalue weighted by atomic mass is 10.1. The number of aromatic amines is 1. The predicted molar refractivity (Wildman–Crippen MR) is 56.9 cm³/mol. The van der Waals surface area contributed by atoms with E-state index in [0.717, 1.165) is 24.4 Å². The molecule has 0 fully saturated rings. The van der Waals surface area contributed by atoms with Gasteiger partial charge in [-0.3, -0.25) is 5.32 Å². The number of rotatable bonds is 3. The topological polar surface area (TPSA) is 88.9 Å². The lowest BCUT2D eigenvalue weighted by molar-refractivity contribution is 0.174. The lowest BCUT2D eigenvalue weighted by Gasteiger charge is -2.19. The monoisotopic (exact) mass is 235 g/mol. The van der Waals surface area contributed by atoms with Crippen LogP contribution in [0.3, 0.4) is 0 Å². The third-order valence-electron chi connectivity index (χ3n) is 2.79. The molecule has 0 bridgehead atoms. The maximum atomic E-state index is 5.21. The van der Waals surface area contributed by atoms with E-state index in [9.17, 15) is 0 Å². The fourth-order valence-electron chi connectivity index (χ4n) is 1.94. The first-order chi connectivity index (χ1) is 8.36. The molecule has 0 aliphatic carbocycles. The van der Waals surface area contributed by atoms with Crippen LogP contribution in [-0.2, 0) is 24.3 Å². The van der Waals surface area contributed by atoms with Gasteiger partial charge in [0.1, 0.15) is 6.61 Å². The van der Waals surface area contributed by atoms with Crippen LogP contribution >= 0.6 is 0 Å². The zero-order valence-electron chi connectivity index (χ0n) is 9.43. The Morgan fingerprint density at radius 1 is 1.59 bits per heavy atom. The van der Waals surface area contributed by atoms with E-state index >= 15 is 0 Å². The molecule has 0 amide bonds. The summed E-state index contributed by atoms with van der Waals surface area (Å²) in [7, 11) is 1.60. The molecular weight excluding hydrogens is 222 g/mol. The second-order valence-electron chi connectivity index (χ2n) is 3.95. The fourth-order valence-corrected chi connectivity index (χ4v) is 1.94. The van der Waals surface area contributed by atoms with Crippen molar-refractivity contribution in [2.75, 3.05) is 7.11 Å². The van der Waals surface area contributed by atoms with Gasteiger partial charge >= 0.3 is 0 Å². The van der Waals surface area contributed by atoms with Crippen molar-refractivity contribution < 1.29 is 9.26 Å². The molecule has 0 saturated carbocycles. The van der Waals surface area contributed by atoms with Gasteiger partial charge in [-0.15, -0.1) is 0 Å². The minimum absolute atomic E-state index is 0.0314. The number of nitrogens with one attached hydrogen (secondary N) is 2. The molecule has 0 saturated heterocycles. The van der Waals surface area contributed by atoms with Gasteiger partial charge in [0.2, 0.25) is 5.89 Å². The van der Waals surface area contributed by atoms with Crippen LogP contribution in [0.25, 0.3) is 0 Å². The normalized spacial score (nSPS) is 19.2. The summed E-state index contributed by atoms with van der Waals surface area (Å²) in [5, 5.41) is 7.17. The molecule has 0 aromatic carbocycles. The molecule has 1 aliphatic heterocycles. The van der Waals surface area contributed by atoms with Crippen molar-refractivity contribution in [2.24, 2.45) is 0 Å². The largest absolute Gasteiger partial charge is 0.377 e. The Morgan fingerprint density at radius 3 is 3.41 bits per heavy atom. The van der Waals surface area contributed by atoms with E-state index in [1.165, 1.54) is 0 Å². The zero-order chi connectivity index (χ0) is 11.7. The number of hydrogen-bond donors (Lipinski definition) is 2. The highest BCUT2D eigenvalue weighted by molar-refractivity contribution is 5.17. The second kappa shape index (κ2) is 4.27. The average molecular weight is 235 g/mol. The number of nitrogens with zero attached hydrogens (tertiary/aromatic N) is 3. The van der Waals surface area contributed by atoms with Gasteiger partial charge in [-0.1, -0.05) is 5.16 Å².